The molecule has 1 atom stereocenters. The summed E-state index contributed by atoms with van der Waals surface area (Å²) in [7, 11) is 0. The predicted octanol–water partition coefficient (Wildman–Crippen LogP) is 6.32. The minimum atomic E-state index is -0.0235. The van der Waals surface area contributed by atoms with Gasteiger partial charge in [-0.3, -0.25) is 0 Å². The van der Waals surface area contributed by atoms with E-state index in [0.717, 1.165) is 23.7 Å². The highest BCUT2D eigenvalue weighted by Crippen LogP contribution is 2.27. The van der Waals surface area contributed by atoms with E-state index in [2.05, 4.69) is 49.4 Å². The SMILES string of the molecule is CCCCCCOc1ccc(-c2ccc(S[C@H](C)C#N)cc2)cc1. The van der Waals surface area contributed by atoms with Gasteiger partial charge in [-0.15, -0.1) is 11.8 Å². The van der Waals surface area contributed by atoms with Gasteiger partial charge in [0.2, 0.25) is 0 Å². The summed E-state index contributed by atoms with van der Waals surface area (Å²) in [5.74, 6) is 0.935. The number of ether oxygens (including phenoxy) is 1. The summed E-state index contributed by atoms with van der Waals surface area (Å²) in [6, 6.07) is 18.9. The van der Waals surface area contributed by atoms with Crippen molar-refractivity contribution >= 4 is 11.8 Å². The van der Waals surface area contributed by atoms with E-state index in [1.807, 2.05) is 19.1 Å². The molecule has 2 aromatic rings. The van der Waals surface area contributed by atoms with Crippen LogP contribution in [0.2, 0.25) is 0 Å². The van der Waals surface area contributed by atoms with Crippen LogP contribution in [0.25, 0.3) is 11.1 Å². The summed E-state index contributed by atoms with van der Waals surface area (Å²) < 4.78 is 5.78. The van der Waals surface area contributed by atoms with E-state index in [4.69, 9.17) is 10.00 Å². The van der Waals surface area contributed by atoms with E-state index in [0.29, 0.717) is 0 Å². The topological polar surface area (TPSA) is 33.0 Å². The monoisotopic (exact) mass is 339 g/mol. The summed E-state index contributed by atoms with van der Waals surface area (Å²) >= 11 is 1.58. The van der Waals surface area contributed by atoms with Crippen molar-refractivity contribution in [2.75, 3.05) is 6.61 Å². The van der Waals surface area contributed by atoms with Crippen molar-refractivity contribution in [1.82, 2.24) is 0 Å². The number of rotatable bonds is 9. The highest BCUT2D eigenvalue weighted by atomic mass is 32.2. The van der Waals surface area contributed by atoms with Gasteiger partial charge in [0.1, 0.15) is 5.75 Å². The molecule has 0 heterocycles. The van der Waals surface area contributed by atoms with Crippen LogP contribution in [0, 0.1) is 11.3 Å². The van der Waals surface area contributed by atoms with Crippen LogP contribution in [0.5, 0.6) is 5.75 Å². The molecule has 0 N–H and O–H groups in total. The highest BCUT2D eigenvalue weighted by molar-refractivity contribution is 8.00. The Morgan fingerprint density at radius 1 is 0.958 bits per heavy atom. The van der Waals surface area contributed by atoms with Crippen molar-refractivity contribution in [3.8, 4) is 22.9 Å². The van der Waals surface area contributed by atoms with Gasteiger partial charge in [0.25, 0.3) is 0 Å². The molecule has 0 spiro atoms. The van der Waals surface area contributed by atoms with Crippen molar-refractivity contribution in [3.05, 3.63) is 48.5 Å². The molecule has 0 unspecified atom stereocenters. The zero-order valence-corrected chi connectivity index (χ0v) is 15.3. The lowest BCUT2D eigenvalue weighted by Crippen LogP contribution is -1.96. The molecular weight excluding hydrogens is 314 g/mol. The van der Waals surface area contributed by atoms with Crippen LogP contribution in [-0.4, -0.2) is 11.9 Å². The molecule has 0 saturated heterocycles. The van der Waals surface area contributed by atoms with Crippen molar-refractivity contribution in [3.63, 3.8) is 0 Å². The van der Waals surface area contributed by atoms with Gasteiger partial charge in [-0.1, -0.05) is 50.5 Å². The Morgan fingerprint density at radius 2 is 1.58 bits per heavy atom. The molecule has 0 aliphatic carbocycles. The second kappa shape index (κ2) is 10.1. The summed E-state index contributed by atoms with van der Waals surface area (Å²) in [4.78, 5) is 1.12. The van der Waals surface area contributed by atoms with E-state index >= 15 is 0 Å². The number of benzene rings is 2. The van der Waals surface area contributed by atoms with Crippen molar-refractivity contribution in [2.24, 2.45) is 0 Å². The Bertz CT molecular complexity index is 643. The van der Waals surface area contributed by atoms with Crippen molar-refractivity contribution in [2.45, 2.75) is 49.7 Å². The smallest absolute Gasteiger partial charge is 0.119 e. The zero-order chi connectivity index (χ0) is 17.2. The van der Waals surface area contributed by atoms with Crippen molar-refractivity contribution < 1.29 is 4.74 Å². The van der Waals surface area contributed by atoms with Crippen LogP contribution in [0.15, 0.2) is 53.4 Å². The van der Waals surface area contributed by atoms with Gasteiger partial charge in [-0.25, -0.2) is 0 Å². The Morgan fingerprint density at radius 3 is 2.17 bits per heavy atom. The van der Waals surface area contributed by atoms with Gasteiger partial charge in [0, 0.05) is 4.90 Å². The second-order valence-electron chi connectivity index (χ2n) is 5.85. The first-order valence-electron chi connectivity index (χ1n) is 8.62. The standard InChI is InChI=1S/C21H25NOS/c1-3-4-5-6-15-23-20-11-7-18(8-12-20)19-9-13-21(14-10-19)24-17(2)16-22/h7-14,17H,3-6,15H2,1-2H3/t17-/m1/s1. The molecule has 0 amide bonds. The van der Waals surface area contributed by atoms with Gasteiger partial charge in [-0.05, 0) is 48.7 Å². The third-order valence-corrected chi connectivity index (χ3v) is 4.81. The van der Waals surface area contributed by atoms with Crippen LogP contribution in [0.4, 0.5) is 0 Å². The quantitative estimate of drug-likeness (QED) is 0.396. The van der Waals surface area contributed by atoms with Crippen LogP contribution in [-0.2, 0) is 0 Å². The second-order valence-corrected chi connectivity index (χ2v) is 7.26. The third kappa shape index (κ3) is 5.94. The lowest BCUT2D eigenvalue weighted by molar-refractivity contribution is 0.305. The molecule has 0 saturated carbocycles. The fourth-order valence-corrected chi connectivity index (χ4v) is 3.17. The van der Waals surface area contributed by atoms with Gasteiger partial charge in [0.05, 0.1) is 17.9 Å². The molecule has 0 aliphatic rings. The minimum Gasteiger partial charge on any atom is -0.494 e. The van der Waals surface area contributed by atoms with E-state index in [-0.39, 0.29) is 5.25 Å². The minimum absolute atomic E-state index is 0.0235. The Labute approximate surface area is 149 Å². The third-order valence-electron chi connectivity index (χ3n) is 3.80. The number of nitrogens with zero attached hydrogens (tertiary/aromatic N) is 1. The molecule has 0 aliphatic heterocycles. The van der Waals surface area contributed by atoms with Crippen LogP contribution in [0.3, 0.4) is 0 Å². The molecule has 3 heteroatoms. The maximum Gasteiger partial charge on any atom is 0.119 e. The Balaban J connectivity index is 1.89. The number of hydrogen-bond acceptors (Lipinski definition) is 3. The molecule has 0 radical (unpaired) electrons. The molecular formula is C21H25NOS. The van der Waals surface area contributed by atoms with Crippen LogP contribution >= 0.6 is 11.8 Å². The Hall–Kier alpha value is -1.92. The van der Waals surface area contributed by atoms with E-state index in [1.54, 1.807) is 11.8 Å². The van der Waals surface area contributed by atoms with Gasteiger partial charge < -0.3 is 4.74 Å². The molecule has 2 aromatic carbocycles. The molecule has 0 aromatic heterocycles. The first kappa shape index (κ1) is 18.4. The number of hydrogen-bond donors (Lipinski definition) is 0. The average molecular weight is 340 g/mol. The number of thioether (sulfide) groups is 1. The lowest BCUT2D eigenvalue weighted by Gasteiger charge is -2.08. The molecule has 126 valence electrons. The molecule has 2 nitrogen and oxygen atoms in total. The van der Waals surface area contributed by atoms with Crippen LogP contribution in [0.1, 0.15) is 39.5 Å². The fourth-order valence-electron chi connectivity index (χ4n) is 2.42. The normalized spacial score (nSPS) is 11.7. The summed E-state index contributed by atoms with van der Waals surface area (Å²) in [5, 5.41) is 8.85. The van der Waals surface area contributed by atoms with Crippen molar-refractivity contribution in [1.29, 1.82) is 5.26 Å². The van der Waals surface area contributed by atoms with E-state index in [9.17, 15) is 0 Å². The predicted molar refractivity (Wildman–Crippen MR) is 102 cm³/mol. The maximum atomic E-state index is 8.88. The molecule has 24 heavy (non-hydrogen) atoms. The zero-order valence-electron chi connectivity index (χ0n) is 14.5. The number of unbranched alkanes of at least 4 members (excludes halogenated alkanes) is 3. The van der Waals surface area contributed by atoms with Gasteiger partial charge in [0.15, 0.2) is 0 Å². The van der Waals surface area contributed by atoms with Gasteiger partial charge >= 0.3 is 0 Å². The Kier molecular flexibility index (Phi) is 7.71. The largest absolute Gasteiger partial charge is 0.494 e. The van der Waals surface area contributed by atoms with E-state index in [1.165, 1.54) is 30.4 Å². The lowest BCUT2D eigenvalue weighted by atomic mass is 10.1. The maximum absolute atomic E-state index is 8.88. The first-order valence-corrected chi connectivity index (χ1v) is 9.50. The fraction of sp³-hybridized carbons (Fsp3) is 0.381. The molecule has 0 fully saturated rings. The van der Waals surface area contributed by atoms with E-state index < -0.39 is 0 Å². The average Bonchev–Trinajstić information content (AvgIpc) is 2.63. The van der Waals surface area contributed by atoms with Gasteiger partial charge in [-0.2, -0.15) is 5.26 Å². The summed E-state index contributed by atoms with van der Waals surface area (Å²) in [6.07, 6.45) is 4.89. The highest BCUT2D eigenvalue weighted by Gasteiger charge is 2.04. The molecule has 0 bridgehead atoms. The first-order chi connectivity index (χ1) is 11.7. The molecule has 2 rings (SSSR count). The number of nitriles is 1. The van der Waals surface area contributed by atoms with Crippen LogP contribution < -0.4 is 4.74 Å². The summed E-state index contributed by atoms with van der Waals surface area (Å²) in [5.41, 5.74) is 2.36. The summed E-state index contributed by atoms with van der Waals surface area (Å²) in [6.45, 7) is 4.93.